The van der Waals surface area contributed by atoms with Crippen LogP contribution >= 0.6 is 23.2 Å². The van der Waals surface area contributed by atoms with Gasteiger partial charge in [0.1, 0.15) is 5.75 Å². The number of hydrogen-bond donors (Lipinski definition) is 2. The van der Waals surface area contributed by atoms with Gasteiger partial charge in [-0.2, -0.15) is 0 Å². The summed E-state index contributed by atoms with van der Waals surface area (Å²) in [5.41, 5.74) is -0.424. The molecule has 0 saturated carbocycles. The van der Waals surface area contributed by atoms with Gasteiger partial charge in [0.05, 0.1) is 10.0 Å². The van der Waals surface area contributed by atoms with Gasteiger partial charge in [-0.15, -0.1) is 0 Å². The van der Waals surface area contributed by atoms with Crippen LogP contribution in [0.1, 0.15) is 26.7 Å². The van der Waals surface area contributed by atoms with E-state index in [-0.39, 0.29) is 19.1 Å². The third-order valence-corrected chi connectivity index (χ3v) is 3.89. The highest BCUT2D eigenvalue weighted by Crippen LogP contribution is 2.26. The quantitative estimate of drug-likeness (QED) is 0.812. The molecule has 0 saturated heterocycles. The predicted molar refractivity (Wildman–Crippen MR) is 80.5 cm³/mol. The molecule has 1 amide bonds. The van der Waals surface area contributed by atoms with Crippen molar-refractivity contribution in [3.8, 4) is 5.75 Å². The Bertz CT molecular complexity index is 468. The van der Waals surface area contributed by atoms with Crippen molar-refractivity contribution in [3.05, 3.63) is 28.2 Å². The molecule has 1 aromatic carbocycles. The fourth-order valence-electron chi connectivity index (χ4n) is 1.66. The van der Waals surface area contributed by atoms with E-state index in [4.69, 9.17) is 33.0 Å². The standard InChI is InChI=1S/C14H19Cl2NO3/c1-3-14(2,6-7-18)17-13(19)9-20-10-4-5-11(15)12(16)8-10/h4-5,8,18H,3,6-7,9H2,1-2H3,(H,17,19). The van der Waals surface area contributed by atoms with Gasteiger partial charge < -0.3 is 15.2 Å². The minimum atomic E-state index is -0.424. The van der Waals surface area contributed by atoms with Gasteiger partial charge in [0, 0.05) is 18.2 Å². The zero-order valence-corrected chi connectivity index (χ0v) is 13.1. The van der Waals surface area contributed by atoms with Crippen LogP contribution in [0.5, 0.6) is 5.75 Å². The van der Waals surface area contributed by atoms with Crippen LogP contribution in [0.4, 0.5) is 0 Å². The highest BCUT2D eigenvalue weighted by atomic mass is 35.5. The number of aliphatic hydroxyl groups is 1. The van der Waals surface area contributed by atoms with Crippen LogP contribution in [0.2, 0.25) is 10.0 Å². The first kappa shape index (κ1) is 17.1. The number of hydrogen-bond acceptors (Lipinski definition) is 3. The van der Waals surface area contributed by atoms with Crippen LogP contribution in [0, 0.1) is 0 Å². The largest absolute Gasteiger partial charge is 0.484 e. The summed E-state index contributed by atoms with van der Waals surface area (Å²) in [6, 6.07) is 4.82. The Morgan fingerprint density at radius 3 is 2.65 bits per heavy atom. The van der Waals surface area contributed by atoms with Gasteiger partial charge in [-0.05, 0) is 31.9 Å². The van der Waals surface area contributed by atoms with Crippen molar-refractivity contribution in [1.29, 1.82) is 0 Å². The molecule has 6 heteroatoms. The molecular weight excluding hydrogens is 301 g/mol. The normalized spacial score (nSPS) is 13.7. The second-order valence-corrected chi connectivity index (χ2v) is 5.61. The van der Waals surface area contributed by atoms with E-state index >= 15 is 0 Å². The summed E-state index contributed by atoms with van der Waals surface area (Å²) < 4.78 is 5.35. The molecule has 0 radical (unpaired) electrons. The lowest BCUT2D eigenvalue weighted by Gasteiger charge is -2.28. The van der Waals surface area contributed by atoms with Gasteiger partial charge in [-0.1, -0.05) is 30.1 Å². The first-order valence-electron chi connectivity index (χ1n) is 6.40. The number of aliphatic hydroxyl groups excluding tert-OH is 1. The Labute approximate surface area is 129 Å². The van der Waals surface area contributed by atoms with Crippen LogP contribution in [0.3, 0.4) is 0 Å². The monoisotopic (exact) mass is 319 g/mol. The van der Waals surface area contributed by atoms with E-state index in [9.17, 15) is 4.79 Å². The summed E-state index contributed by atoms with van der Waals surface area (Å²) in [6.45, 7) is 3.76. The van der Waals surface area contributed by atoms with Gasteiger partial charge in [0.2, 0.25) is 0 Å². The van der Waals surface area contributed by atoms with E-state index in [1.807, 2.05) is 13.8 Å². The molecule has 112 valence electrons. The van der Waals surface area contributed by atoms with Crippen molar-refractivity contribution in [1.82, 2.24) is 5.32 Å². The molecule has 1 atom stereocenters. The zero-order valence-electron chi connectivity index (χ0n) is 11.6. The van der Waals surface area contributed by atoms with Crippen LogP contribution in [0.25, 0.3) is 0 Å². The van der Waals surface area contributed by atoms with Gasteiger partial charge in [-0.3, -0.25) is 4.79 Å². The van der Waals surface area contributed by atoms with Crippen molar-refractivity contribution < 1.29 is 14.6 Å². The van der Waals surface area contributed by atoms with Crippen molar-refractivity contribution in [2.75, 3.05) is 13.2 Å². The summed E-state index contributed by atoms with van der Waals surface area (Å²) >= 11 is 11.7. The van der Waals surface area contributed by atoms with Crippen LogP contribution in [-0.2, 0) is 4.79 Å². The lowest BCUT2D eigenvalue weighted by molar-refractivity contribution is -0.125. The van der Waals surface area contributed by atoms with Crippen LogP contribution < -0.4 is 10.1 Å². The number of nitrogens with one attached hydrogen (secondary N) is 1. The molecule has 20 heavy (non-hydrogen) atoms. The number of carbonyl (C=O) groups is 1. The van der Waals surface area contributed by atoms with Gasteiger partial charge in [0.15, 0.2) is 6.61 Å². The smallest absolute Gasteiger partial charge is 0.258 e. The van der Waals surface area contributed by atoms with E-state index in [0.717, 1.165) is 6.42 Å². The van der Waals surface area contributed by atoms with E-state index in [1.165, 1.54) is 0 Å². The molecule has 0 aliphatic carbocycles. The number of amides is 1. The van der Waals surface area contributed by atoms with Crippen LogP contribution in [0.15, 0.2) is 18.2 Å². The fourth-order valence-corrected chi connectivity index (χ4v) is 1.95. The van der Waals surface area contributed by atoms with Crippen molar-refractivity contribution in [3.63, 3.8) is 0 Å². The number of benzene rings is 1. The average molecular weight is 320 g/mol. The summed E-state index contributed by atoms with van der Waals surface area (Å²) in [6.07, 6.45) is 1.23. The molecule has 0 aliphatic heterocycles. The maximum Gasteiger partial charge on any atom is 0.258 e. The summed E-state index contributed by atoms with van der Waals surface area (Å²) in [5, 5.41) is 12.7. The molecule has 0 aliphatic rings. The molecule has 0 spiro atoms. The Balaban J connectivity index is 2.52. The number of rotatable bonds is 7. The fraction of sp³-hybridized carbons (Fsp3) is 0.500. The minimum Gasteiger partial charge on any atom is -0.484 e. The lowest BCUT2D eigenvalue weighted by atomic mass is 9.95. The van der Waals surface area contributed by atoms with E-state index in [1.54, 1.807) is 18.2 Å². The highest BCUT2D eigenvalue weighted by Gasteiger charge is 2.23. The second kappa shape index (κ2) is 7.72. The topological polar surface area (TPSA) is 58.6 Å². The maximum atomic E-state index is 11.8. The third kappa shape index (κ3) is 5.19. The van der Waals surface area contributed by atoms with Crippen molar-refractivity contribution in [2.24, 2.45) is 0 Å². The van der Waals surface area contributed by atoms with Crippen LogP contribution in [-0.4, -0.2) is 29.8 Å². The highest BCUT2D eigenvalue weighted by molar-refractivity contribution is 6.42. The van der Waals surface area contributed by atoms with Crippen molar-refractivity contribution >= 4 is 29.1 Å². The lowest BCUT2D eigenvalue weighted by Crippen LogP contribution is -2.47. The molecule has 1 aromatic rings. The summed E-state index contributed by atoms with van der Waals surface area (Å²) in [5.74, 6) is 0.240. The number of ether oxygens (including phenoxy) is 1. The summed E-state index contributed by atoms with van der Waals surface area (Å²) in [7, 11) is 0. The average Bonchev–Trinajstić information content (AvgIpc) is 2.40. The Kier molecular flexibility index (Phi) is 6.59. The third-order valence-electron chi connectivity index (χ3n) is 3.15. The number of halogens is 2. The van der Waals surface area contributed by atoms with E-state index < -0.39 is 5.54 Å². The van der Waals surface area contributed by atoms with Gasteiger partial charge in [0.25, 0.3) is 5.91 Å². The molecule has 0 bridgehead atoms. The Morgan fingerprint density at radius 2 is 2.10 bits per heavy atom. The second-order valence-electron chi connectivity index (χ2n) is 4.80. The predicted octanol–water partition coefficient (Wildman–Crippen LogP) is 3.04. The first-order chi connectivity index (χ1) is 9.40. The van der Waals surface area contributed by atoms with Gasteiger partial charge >= 0.3 is 0 Å². The molecule has 0 fully saturated rings. The molecular formula is C14H19Cl2NO3. The SMILES string of the molecule is CCC(C)(CCO)NC(=O)COc1ccc(Cl)c(Cl)c1. The van der Waals surface area contributed by atoms with E-state index in [2.05, 4.69) is 5.32 Å². The molecule has 2 N–H and O–H groups in total. The minimum absolute atomic E-state index is 0.0261. The molecule has 1 unspecified atom stereocenters. The van der Waals surface area contributed by atoms with Crippen molar-refractivity contribution in [2.45, 2.75) is 32.2 Å². The molecule has 0 aromatic heterocycles. The first-order valence-corrected chi connectivity index (χ1v) is 7.15. The van der Waals surface area contributed by atoms with E-state index in [0.29, 0.717) is 22.2 Å². The Hall–Kier alpha value is -0.970. The zero-order chi connectivity index (χ0) is 15.2. The summed E-state index contributed by atoms with van der Waals surface area (Å²) in [4.78, 5) is 11.8. The molecule has 0 heterocycles. The maximum absolute atomic E-state index is 11.8. The number of carbonyl (C=O) groups excluding carboxylic acids is 1. The molecule has 4 nitrogen and oxygen atoms in total. The van der Waals surface area contributed by atoms with Gasteiger partial charge in [-0.25, -0.2) is 0 Å². The molecule has 1 rings (SSSR count). The Morgan fingerprint density at radius 1 is 1.40 bits per heavy atom.